The van der Waals surface area contributed by atoms with Crippen LogP contribution in [0.2, 0.25) is 0 Å². The van der Waals surface area contributed by atoms with E-state index in [0.29, 0.717) is 16.8 Å². The lowest BCUT2D eigenvalue weighted by Crippen LogP contribution is -2.35. The standard InChI is InChI=1S/C18H17F2N3O2/c1-10(11-3-5-13(19)14(20)7-11)21-18(25)12-4-6-16-15(8-12)22-17(24)9-23(16)2/h3-8,10H,9H2,1-2H3,(H,21,25)(H,22,24)/t10-/m0/s1. The van der Waals surface area contributed by atoms with Gasteiger partial charge in [0.2, 0.25) is 5.91 Å². The monoisotopic (exact) mass is 345 g/mol. The first-order valence-corrected chi connectivity index (χ1v) is 7.76. The van der Waals surface area contributed by atoms with Crippen molar-refractivity contribution in [2.45, 2.75) is 13.0 Å². The molecule has 1 aliphatic heterocycles. The second-order valence-corrected chi connectivity index (χ2v) is 6.00. The minimum Gasteiger partial charge on any atom is -0.364 e. The zero-order valence-electron chi connectivity index (χ0n) is 13.8. The van der Waals surface area contributed by atoms with Gasteiger partial charge in [0.05, 0.1) is 24.0 Å². The molecule has 0 saturated heterocycles. The van der Waals surface area contributed by atoms with Gasteiger partial charge in [-0.05, 0) is 42.8 Å². The maximum absolute atomic E-state index is 13.3. The van der Waals surface area contributed by atoms with Gasteiger partial charge in [0.1, 0.15) is 0 Å². The van der Waals surface area contributed by atoms with E-state index in [4.69, 9.17) is 0 Å². The van der Waals surface area contributed by atoms with E-state index < -0.39 is 17.7 Å². The van der Waals surface area contributed by atoms with E-state index in [1.807, 2.05) is 0 Å². The summed E-state index contributed by atoms with van der Waals surface area (Å²) in [4.78, 5) is 25.8. The molecule has 1 aliphatic rings. The second kappa shape index (κ2) is 6.51. The van der Waals surface area contributed by atoms with Crippen molar-refractivity contribution in [1.82, 2.24) is 5.32 Å². The Kier molecular flexibility index (Phi) is 4.39. The van der Waals surface area contributed by atoms with Crippen LogP contribution in [0, 0.1) is 11.6 Å². The minimum atomic E-state index is -0.960. The molecule has 0 spiro atoms. The number of halogens is 2. The smallest absolute Gasteiger partial charge is 0.251 e. The Morgan fingerprint density at radius 1 is 1.20 bits per heavy atom. The number of nitrogens with zero attached hydrogens (tertiary/aromatic N) is 1. The normalized spacial score (nSPS) is 14.6. The van der Waals surface area contributed by atoms with Crippen LogP contribution in [0.3, 0.4) is 0 Å². The Morgan fingerprint density at radius 2 is 1.96 bits per heavy atom. The van der Waals surface area contributed by atoms with Crippen LogP contribution in [0.5, 0.6) is 0 Å². The third kappa shape index (κ3) is 3.45. The topological polar surface area (TPSA) is 61.4 Å². The second-order valence-electron chi connectivity index (χ2n) is 6.00. The van der Waals surface area contributed by atoms with Gasteiger partial charge in [-0.25, -0.2) is 8.78 Å². The van der Waals surface area contributed by atoms with Crippen molar-refractivity contribution in [3.05, 3.63) is 59.2 Å². The largest absolute Gasteiger partial charge is 0.364 e. The van der Waals surface area contributed by atoms with E-state index in [1.165, 1.54) is 6.07 Å². The number of nitrogens with one attached hydrogen (secondary N) is 2. The summed E-state index contributed by atoms with van der Waals surface area (Å²) >= 11 is 0. The summed E-state index contributed by atoms with van der Waals surface area (Å²) in [6.45, 7) is 1.93. The first-order valence-electron chi connectivity index (χ1n) is 7.76. The van der Waals surface area contributed by atoms with Crippen LogP contribution in [0.1, 0.15) is 28.9 Å². The van der Waals surface area contributed by atoms with Gasteiger partial charge in [0, 0.05) is 12.6 Å². The summed E-state index contributed by atoms with van der Waals surface area (Å²) in [5.74, 6) is -2.42. The molecule has 0 bridgehead atoms. The summed E-state index contributed by atoms with van der Waals surface area (Å²) in [5.41, 5.74) is 2.21. The van der Waals surface area contributed by atoms with E-state index in [9.17, 15) is 18.4 Å². The molecule has 2 aromatic carbocycles. The fourth-order valence-corrected chi connectivity index (χ4v) is 2.75. The van der Waals surface area contributed by atoms with Gasteiger partial charge in [-0.2, -0.15) is 0 Å². The molecule has 1 heterocycles. The summed E-state index contributed by atoms with van der Waals surface area (Å²) in [7, 11) is 1.79. The Balaban J connectivity index is 1.78. The highest BCUT2D eigenvalue weighted by Crippen LogP contribution is 2.29. The van der Waals surface area contributed by atoms with Gasteiger partial charge in [0.25, 0.3) is 5.91 Å². The van der Waals surface area contributed by atoms with E-state index >= 15 is 0 Å². The number of carbonyl (C=O) groups is 2. The van der Waals surface area contributed by atoms with Crippen molar-refractivity contribution in [2.75, 3.05) is 23.8 Å². The van der Waals surface area contributed by atoms with Crippen LogP contribution in [0.4, 0.5) is 20.2 Å². The van der Waals surface area contributed by atoms with Gasteiger partial charge in [-0.1, -0.05) is 6.07 Å². The lowest BCUT2D eigenvalue weighted by molar-refractivity contribution is -0.115. The maximum Gasteiger partial charge on any atom is 0.251 e. The molecule has 130 valence electrons. The number of benzene rings is 2. The van der Waals surface area contributed by atoms with E-state index in [0.717, 1.165) is 17.8 Å². The number of likely N-dealkylation sites (N-methyl/N-ethyl adjacent to an activating group) is 1. The highest BCUT2D eigenvalue weighted by atomic mass is 19.2. The Bertz CT molecular complexity index is 854. The van der Waals surface area contributed by atoms with Crippen molar-refractivity contribution in [3.8, 4) is 0 Å². The quantitative estimate of drug-likeness (QED) is 0.899. The molecule has 1 atom stereocenters. The lowest BCUT2D eigenvalue weighted by Gasteiger charge is -2.27. The van der Waals surface area contributed by atoms with Crippen molar-refractivity contribution < 1.29 is 18.4 Å². The number of anilines is 2. The number of hydrogen-bond donors (Lipinski definition) is 2. The maximum atomic E-state index is 13.3. The summed E-state index contributed by atoms with van der Waals surface area (Å²) in [6, 6.07) is 8.00. The zero-order valence-corrected chi connectivity index (χ0v) is 13.8. The molecule has 3 rings (SSSR count). The SMILES string of the molecule is C[C@H](NC(=O)c1ccc2c(c1)NC(=O)CN2C)c1ccc(F)c(F)c1. The fraction of sp³-hybridized carbons (Fsp3) is 0.222. The fourth-order valence-electron chi connectivity index (χ4n) is 2.75. The zero-order chi connectivity index (χ0) is 18.1. The van der Waals surface area contributed by atoms with Crippen molar-refractivity contribution in [3.63, 3.8) is 0 Å². The third-order valence-electron chi connectivity index (χ3n) is 4.12. The summed E-state index contributed by atoms with van der Waals surface area (Å²) in [6.07, 6.45) is 0. The molecule has 2 amide bonds. The molecule has 0 fully saturated rings. The number of rotatable bonds is 3. The number of amides is 2. The van der Waals surface area contributed by atoms with E-state index in [-0.39, 0.29) is 18.4 Å². The summed E-state index contributed by atoms with van der Waals surface area (Å²) < 4.78 is 26.3. The number of hydrogen-bond acceptors (Lipinski definition) is 3. The van der Waals surface area contributed by atoms with Gasteiger partial charge in [-0.3, -0.25) is 9.59 Å². The third-order valence-corrected chi connectivity index (χ3v) is 4.12. The van der Waals surface area contributed by atoms with Crippen LogP contribution in [-0.2, 0) is 4.79 Å². The molecule has 2 N–H and O–H groups in total. The number of fused-ring (bicyclic) bond motifs is 1. The molecular weight excluding hydrogens is 328 g/mol. The first kappa shape index (κ1) is 16.9. The van der Waals surface area contributed by atoms with Crippen LogP contribution in [0.15, 0.2) is 36.4 Å². The van der Waals surface area contributed by atoms with Crippen LogP contribution in [-0.4, -0.2) is 25.4 Å². The Hall–Kier alpha value is -2.96. The Labute approximate surface area is 143 Å². The molecule has 0 radical (unpaired) electrons. The molecule has 0 unspecified atom stereocenters. The minimum absolute atomic E-state index is 0.150. The average molecular weight is 345 g/mol. The van der Waals surface area contributed by atoms with Gasteiger partial charge in [0.15, 0.2) is 11.6 Å². The lowest BCUT2D eigenvalue weighted by atomic mass is 10.1. The summed E-state index contributed by atoms with van der Waals surface area (Å²) in [5, 5.41) is 5.47. The predicted octanol–water partition coefficient (Wildman–Crippen LogP) is 2.84. The van der Waals surface area contributed by atoms with Crippen molar-refractivity contribution in [1.29, 1.82) is 0 Å². The Morgan fingerprint density at radius 3 is 2.68 bits per heavy atom. The number of carbonyl (C=O) groups excluding carboxylic acids is 2. The van der Waals surface area contributed by atoms with Crippen LogP contribution in [0.25, 0.3) is 0 Å². The van der Waals surface area contributed by atoms with E-state index in [1.54, 1.807) is 37.1 Å². The van der Waals surface area contributed by atoms with Gasteiger partial charge >= 0.3 is 0 Å². The van der Waals surface area contributed by atoms with Crippen LogP contribution < -0.4 is 15.5 Å². The highest BCUT2D eigenvalue weighted by Gasteiger charge is 2.21. The molecule has 7 heteroatoms. The molecule has 5 nitrogen and oxygen atoms in total. The van der Waals surface area contributed by atoms with E-state index in [2.05, 4.69) is 10.6 Å². The predicted molar refractivity (Wildman–Crippen MR) is 90.6 cm³/mol. The molecule has 25 heavy (non-hydrogen) atoms. The van der Waals surface area contributed by atoms with Gasteiger partial charge < -0.3 is 15.5 Å². The molecule has 0 aromatic heterocycles. The molecule has 2 aromatic rings. The van der Waals surface area contributed by atoms with Gasteiger partial charge in [-0.15, -0.1) is 0 Å². The molecule has 0 saturated carbocycles. The van der Waals surface area contributed by atoms with Crippen LogP contribution >= 0.6 is 0 Å². The van der Waals surface area contributed by atoms with Crippen molar-refractivity contribution in [2.24, 2.45) is 0 Å². The molecule has 0 aliphatic carbocycles. The first-order chi connectivity index (χ1) is 11.8. The highest BCUT2D eigenvalue weighted by molar-refractivity contribution is 6.03. The van der Waals surface area contributed by atoms with Crippen molar-refractivity contribution >= 4 is 23.2 Å². The molecular formula is C18H17F2N3O2. The average Bonchev–Trinajstić information content (AvgIpc) is 2.56.